The summed E-state index contributed by atoms with van der Waals surface area (Å²) in [7, 11) is 0. The van der Waals surface area contributed by atoms with Crippen LogP contribution >= 0.6 is 11.3 Å². The van der Waals surface area contributed by atoms with Crippen LogP contribution in [0.3, 0.4) is 0 Å². The fourth-order valence-corrected chi connectivity index (χ4v) is 4.33. The van der Waals surface area contributed by atoms with Gasteiger partial charge in [0.05, 0.1) is 10.2 Å². The number of thiazole rings is 1. The number of hydrogen-bond acceptors (Lipinski definition) is 5. The minimum absolute atomic E-state index is 0.0136. The summed E-state index contributed by atoms with van der Waals surface area (Å²) in [6, 6.07) is 12.4. The van der Waals surface area contributed by atoms with Crippen molar-refractivity contribution >= 4 is 33.4 Å². The van der Waals surface area contributed by atoms with Gasteiger partial charge in [-0.25, -0.2) is 4.98 Å². The molecule has 32 heavy (non-hydrogen) atoms. The Morgan fingerprint density at radius 3 is 2.69 bits per heavy atom. The van der Waals surface area contributed by atoms with Crippen LogP contribution in [0.2, 0.25) is 0 Å². The van der Waals surface area contributed by atoms with Crippen molar-refractivity contribution in [1.29, 1.82) is 0 Å². The van der Waals surface area contributed by atoms with Crippen LogP contribution in [-0.2, 0) is 11.3 Å². The van der Waals surface area contributed by atoms with E-state index in [0.717, 1.165) is 27.3 Å². The number of nitrogens with zero attached hydrogens (tertiary/aromatic N) is 3. The van der Waals surface area contributed by atoms with Crippen molar-refractivity contribution in [3.05, 3.63) is 78.4 Å². The first-order valence-electron chi connectivity index (χ1n) is 10.6. The van der Waals surface area contributed by atoms with Gasteiger partial charge in [0.1, 0.15) is 6.04 Å². The normalized spacial score (nSPS) is 12.9. The topological polar surface area (TPSA) is 88.9 Å². The van der Waals surface area contributed by atoms with Gasteiger partial charge in [-0.2, -0.15) is 0 Å². The second kappa shape index (κ2) is 9.74. The van der Waals surface area contributed by atoms with Crippen molar-refractivity contribution in [3.63, 3.8) is 0 Å². The summed E-state index contributed by atoms with van der Waals surface area (Å²) in [6.45, 7) is 4.33. The molecular formula is C24H25N5O2S. The number of aromatic nitrogens is 3. The van der Waals surface area contributed by atoms with E-state index < -0.39 is 6.04 Å². The summed E-state index contributed by atoms with van der Waals surface area (Å²) in [5.74, 6) is -0.490. The Morgan fingerprint density at radius 1 is 1.16 bits per heavy atom. The Balaban J connectivity index is 1.48. The molecule has 2 N–H and O–H groups in total. The molecule has 2 atom stereocenters. The first kappa shape index (κ1) is 21.7. The van der Waals surface area contributed by atoms with Crippen LogP contribution in [0.5, 0.6) is 0 Å². The number of benzene rings is 1. The highest BCUT2D eigenvalue weighted by Crippen LogP contribution is 2.26. The standard InChI is InChI=1S/C24H25N5O2S/c1-3-16(2)21(23(31)26-15-17-7-6-10-25-14-17)28-22(30)18-8-9-19-20(13-18)32-24(27-19)29-11-4-5-12-29/h4-14,16,21H,3,15H2,1-2H3,(H,26,31)(H,28,30)/t16-,21-/m0/s1. The second-order valence-corrected chi connectivity index (χ2v) is 8.69. The molecule has 0 fully saturated rings. The minimum atomic E-state index is -0.628. The van der Waals surface area contributed by atoms with Gasteiger partial charge in [-0.15, -0.1) is 0 Å². The Labute approximate surface area is 190 Å². The van der Waals surface area contributed by atoms with Gasteiger partial charge in [0.25, 0.3) is 5.91 Å². The maximum Gasteiger partial charge on any atom is 0.251 e. The van der Waals surface area contributed by atoms with Gasteiger partial charge < -0.3 is 15.2 Å². The molecule has 2 amide bonds. The summed E-state index contributed by atoms with van der Waals surface area (Å²) in [6.07, 6.45) is 8.04. The lowest BCUT2D eigenvalue weighted by Gasteiger charge is -2.23. The molecule has 0 aliphatic rings. The fourth-order valence-electron chi connectivity index (χ4n) is 3.35. The molecule has 0 spiro atoms. The fraction of sp³-hybridized carbons (Fsp3) is 0.250. The average Bonchev–Trinajstić information content (AvgIpc) is 3.50. The Hall–Kier alpha value is -3.52. The van der Waals surface area contributed by atoms with Crippen LogP contribution in [0.15, 0.2) is 67.3 Å². The van der Waals surface area contributed by atoms with Gasteiger partial charge in [0, 0.05) is 36.9 Å². The lowest BCUT2D eigenvalue weighted by molar-refractivity contribution is -0.124. The summed E-state index contributed by atoms with van der Waals surface area (Å²) < 4.78 is 2.86. The molecule has 0 saturated heterocycles. The molecule has 7 nitrogen and oxygen atoms in total. The molecule has 0 aliphatic heterocycles. The Bertz CT molecular complexity index is 1200. The zero-order valence-corrected chi connectivity index (χ0v) is 18.8. The molecule has 0 radical (unpaired) electrons. The number of carbonyl (C=O) groups is 2. The van der Waals surface area contributed by atoms with E-state index in [1.807, 2.05) is 67.2 Å². The Morgan fingerprint density at radius 2 is 1.97 bits per heavy atom. The van der Waals surface area contributed by atoms with Crippen LogP contribution in [0.4, 0.5) is 0 Å². The monoisotopic (exact) mass is 447 g/mol. The second-order valence-electron chi connectivity index (χ2n) is 7.68. The maximum absolute atomic E-state index is 13.0. The molecule has 0 bridgehead atoms. The number of fused-ring (bicyclic) bond motifs is 1. The zero-order valence-electron chi connectivity index (χ0n) is 18.0. The van der Waals surface area contributed by atoms with E-state index in [1.165, 1.54) is 11.3 Å². The van der Waals surface area contributed by atoms with Gasteiger partial charge >= 0.3 is 0 Å². The number of rotatable bonds is 8. The van der Waals surface area contributed by atoms with Crippen molar-refractivity contribution in [1.82, 2.24) is 25.2 Å². The van der Waals surface area contributed by atoms with Crippen LogP contribution in [0.25, 0.3) is 15.3 Å². The van der Waals surface area contributed by atoms with Crippen LogP contribution in [0, 0.1) is 5.92 Å². The van der Waals surface area contributed by atoms with Gasteiger partial charge in [-0.05, 0) is 47.9 Å². The van der Waals surface area contributed by atoms with E-state index in [1.54, 1.807) is 18.5 Å². The third-order valence-electron chi connectivity index (χ3n) is 5.44. The number of pyridine rings is 1. The summed E-state index contributed by atoms with van der Waals surface area (Å²) in [4.78, 5) is 34.6. The molecule has 164 valence electrons. The molecule has 3 aromatic heterocycles. The van der Waals surface area contributed by atoms with E-state index >= 15 is 0 Å². The summed E-state index contributed by atoms with van der Waals surface area (Å²) in [5.41, 5.74) is 2.25. The number of nitrogens with one attached hydrogen (secondary N) is 2. The van der Waals surface area contributed by atoms with Gasteiger partial charge in [-0.1, -0.05) is 37.7 Å². The SMILES string of the molecule is CC[C@H](C)[C@H](NC(=O)c1ccc2nc(-n3cccc3)sc2c1)C(=O)NCc1cccnc1. The quantitative estimate of drug-likeness (QED) is 0.428. The van der Waals surface area contributed by atoms with Gasteiger partial charge in [0.15, 0.2) is 5.13 Å². The van der Waals surface area contributed by atoms with Crippen molar-refractivity contribution in [2.24, 2.45) is 5.92 Å². The smallest absolute Gasteiger partial charge is 0.251 e. The maximum atomic E-state index is 13.0. The highest BCUT2D eigenvalue weighted by Gasteiger charge is 2.26. The molecule has 4 aromatic rings. The van der Waals surface area contributed by atoms with Crippen LogP contribution < -0.4 is 10.6 Å². The molecule has 0 aliphatic carbocycles. The van der Waals surface area contributed by atoms with Crippen molar-refractivity contribution < 1.29 is 9.59 Å². The number of hydrogen-bond donors (Lipinski definition) is 2. The lowest BCUT2D eigenvalue weighted by atomic mass is 9.97. The first-order chi connectivity index (χ1) is 15.5. The highest BCUT2D eigenvalue weighted by molar-refractivity contribution is 7.20. The third-order valence-corrected chi connectivity index (χ3v) is 6.47. The molecular weight excluding hydrogens is 422 g/mol. The number of amides is 2. The largest absolute Gasteiger partial charge is 0.350 e. The molecule has 0 saturated carbocycles. The molecule has 3 heterocycles. The minimum Gasteiger partial charge on any atom is -0.350 e. The van der Waals surface area contributed by atoms with Crippen molar-refractivity contribution in [2.75, 3.05) is 0 Å². The molecule has 4 rings (SSSR count). The predicted octanol–water partition coefficient (Wildman–Crippen LogP) is 3.94. The third kappa shape index (κ3) is 4.86. The first-order valence-corrected chi connectivity index (χ1v) is 11.4. The van der Waals surface area contributed by atoms with E-state index in [-0.39, 0.29) is 17.7 Å². The van der Waals surface area contributed by atoms with Crippen molar-refractivity contribution in [2.45, 2.75) is 32.9 Å². The van der Waals surface area contributed by atoms with E-state index in [4.69, 9.17) is 0 Å². The summed E-state index contributed by atoms with van der Waals surface area (Å²) in [5, 5.41) is 6.69. The van der Waals surface area contributed by atoms with E-state index in [0.29, 0.717) is 12.1 Å². The molecule has 8 heteroatoms. The predicted molar refractivity (Wildman–Crippen MR) is 126 cm³/mol. The molecule has 0 unspecified atom stereocenters. The highest BCUT2D eigenvalue weighted by atomic mass is 32.1. The molecule has 1 aromatic carbocycles. The zero-order chi connectivity index (χ0) is 22.5. The number of carbonyl (C=O) groups excluding carboxylic acids is 2. The lowest BCUT2D eigenvalue weighted by Crippen LogP contribution is -2.50. The van der Waals surface area contributed by atoms with Gasteiger partial charge in [0.2, 0.25) is 5.91 Å². The average molecular weight is 448 g/mol. The van der Waals surface area contributed by atoms with E-state index in [9.17, 15) is 9.59 Å². The van der Waals surface area contributed by atoms with E-state index in [2.05, 4.69) is 20.6 Å². The Kier molecular flexibility index (Phi) is 6.61. The van der Waals surface area contributed by atoms with Crippen molar-refractivity contribution in [3.8, 4) is 5.13 Å². The van der Waals surface area contributed by atoms with Gasteiger partial charge in [-0.3, -0.25) is 14.6 Å². The van der Waals surface area contributed by atoms with Crippen LogP contribution in [-0.4, -0.2) is 32.4 Å². The summed E-state index contributed by atoms with van der Waals surface area (Å²) >= 11 is 1.51. The van der Waals surface area contributed by atoms with Crippen LogP contribution in [0.1, 0.15) is 36.2 Å².